The first-order valence-corrected chi connectivity index (χ1v) is 5.42. The number of nitro benzene ring substituents is 1. The highest BCUT2D eigenvalue weighted by atomic mass is 16.6. The average Bonchev–Trinajstić information content (AvgIpc) is 2.86. The molecule has 0 spiro atoms. The minimum Gasteiger partial charge on any atom is -0.490 e. The molecule has 6 heteroatoms. The van der Waals surface area contributed by atoms with Crippen LogP contribution in [0.25, 0.3) is 11.0 Å². The van der Waals surface area contributed by atoms with E-state index in [1.54, 1.807) is 12.1 Å². The summed E-state index contributed by atoms with van der Waals surface area (Å²) >= 11 is 0. The predicted octanol–water partition coefficient (Wildman–Crippen LogP) is 1.90. The lowest BCUT2D eigenvalue weighted by Gasteiger charge is -2.02. The monoisotopic (exact) mass is 233 g/mol. The summed E-state index contributed by atoms with van der Waals surface area (Å²) in [6, 6.07) is 3.19. The van der Waals surface area contributed by atoms with Crippen molar-refractivity contribution in [1.29, 1.82) is 0 Å². The van der Waals surface area contributed by atoms with Gasteiger partial charge in [-0.05, 0) is 6.42 Å². The molecule has 0 bridgehead atoms. The van der Waals surface area contributed by atoms with Gasteiger partial charge in [0.25, 0.3) is 0 Å². The Labute approximate surface area is 97.0 Å². The number of benzene rings is 1. The Kier molecular flexibility index (Phi) is 2.04. The number of aromatic nitrogens is 2. The number of hydrogen-bond donors (Lipinski definition) is 0. The largest absolute Gasteiger partial charge is 0.490 e. The maximum Gasteiger partial charge on any atom is 0.313 e. The zero-order valence-corrected chi connectivity index (χ0v) is 9.34. The third kappa shape index (κ3) is 1.37. The fraction of sp³-hybridized carbons (Fsp3) is 0.364. The second-order valence-electron chi connectivity index (χ2n) is 4.05. The molecule has 1 aromatic heterocycles. The fourth-order valence-electron chi connectivity index (χ4n) is 2.33. The van der Waals surface area contributed by atoms with Crippen LogP contribution >= 0.6 is 0 Å². The van der Waals surface area contributed by atoms with Crippen LogP contribution in [0.2, 0.25) is 0 Å². The van der Waals surface area contributed by atoms with Crippen LogP contribution in [-0.2, 0) is 13.0 Å². The first-order valence-electron chi connectivity index (χ1n) is 5.42. The highest BCUT2D eigenvalue weighted by molar-refractivity contribution is 5.82. The lowest BCUT2D eigenvalue weighted by Crippen LogP contribution is -1.96. The number of aryl methyl sites for hydroxylation is 2. The lowest BCUT2D eigenvalue weighted by molar-refractivity contribution is -0.385. The molecule has 1 aliphatic rings. The zero-order valence-electron chi connectivity index (χ0n) is 9.34. The van der Waals surface area contributed by atoms with Gasteiger partial charge in [0, 0.05) is 25.1 Å². The van der Waals surface area contributed by atoms with Crippen molar-refractivity contribution in [3.8, 4) is 5.75 Å². The Morgan fingerprint density at radius 3 is 3.06 bits per heavy atom. The van der Waals surface area contributed by atoms with Gasteiger partial charge in [0.1, 0.15) is 5.82 Å². The molecule has 0 saturated carbocycles. The summed E-state index contributed by atoms with van der Waals surface area (Å²) in [5.41, 5.74) is 1.58. The van der Waals surface area contributed by atoms with E-state index in [-0.39, 0.29) is 11.4 Å². The van der Waals surface area contributed by atoms with E-state index < -0.39 is 4.92 Å². The third-order valence-corrected chi connectivity index (χ3v) is 3.11. The number of ether oxygens (including phenoxy) is 1. The molecule has 0 fully saturated rings. The highest BCUT2D eigenvalue weighted by Gasteiger charge is 2.22. The van der Waals surface area contributed by atoms with Crippen molar-refractivity contribution in [1.82, 2.24) is 9.55 Å². The van der Waals surface area contributed by atoms with E-state index in [2.05, 4.69) is 4.98 Å². The molecule has 88 valence electrons. The van der Waals surface area contributed by atoms with Crippen LogP contribution in [0, 0.1) is 10.1 Å². The molecule has 2 heterocycles. The van der Waals surface area contributed by atoms with Gasteiger partial charge in [-0.3, -0.25) is 10.1 Å². The van der Waals surface area contributed by atoms with E-state index in [1.807, 2.05) is 4.57 Å². The summed E-state index contributed by atoms with van der Waals surface area (Å²) in [6.07, 6.45) is 1.99. The maximum atomic E-state index is 10.9. The van der Waals surface area contributed by atoms with Gasteiger partial charge in [0.05, 0.1) is 23.1 Å². The number of nitrogens with zero attached hydrogens (tertiary/aromatic N) is 3. The molecule has 0 radical (unpaired) electrons. The van der Waals surface area contributed by atoms with Crippen LogP contribution in [0.3, 0.4) is 0 Å². The molecule has 3 rings (SSSR count). The van der Waals surface area contributed by atoms with Crippen molar-refractivity contribution in [3.63, 3.8) is 0 Å². The quantitative estimate of drug-likeness (QED) is 0.586. The third-order valence-electron chi connectivity index (χ3n) is 3.11. The van der Waals surface area contributed by atoms with Gasteiger partial charge in [-0.1, -0.05) is 0 Å². The maximum absolute atomic E-state index is 10.9. The molecule has 2 aromatic rings. The molecule has 0 aliphatic carbocycles. The van der Waals surface area contributed by atoms with Crippen LogP contribution in [-0.4, -0.2) is 21.6 Å². The number of imidazole rings is 1. The van der Waals surface area contributed by atoms with Crippen molar-refractivity contribution in [3.05, 3.63) is 28.1 Å². The van der Waals surface area contributed by atoms with E-state index in [0.29, 0.717) is 0 Å². The van der Waals surface area contributed by atoms with Crippen molar-refractivity contribution in [2.75, 3.05) is 7.11 Å². The van der Waals surface area contributed by atoms with Crippen LogP contribution in [0.1, 0.15) is 12.2 Å². The Bertz CT molecular complexity index is 618. The second-order valence-corrected chi connectivity index (χ2v) is 4.05. The topological polar surface area (TPSA) is 70.2 Å². The summed E-state index contributed by atoms with van der Waals surface area (Å²) in [6.45, 7) is 0.884. The molecule has 0 N–H and O–H groups in total. The van der Waals surface area contributed by atoms with Gasteiger partial charge in [-0.25, -0.2) is 4.98 Å². The Morgan fingerprint density at radius 2 is 2.35 bits per heavy atom. The molecular weight excluding hydrogens is 222 g/mol. The second kappa shape index (κ2) is 3.44. The summed E-state index contributed by atoms with van der Waals surface area (Å²) < 4.78 is 7.07. The van der Waals surface area contributed by atoms with E-state index in [9.17, 15) is 10.1 Å². The van der Waals surface area contributed by atoms with E-state index in [4.69, 9.17) is 4.74 Å². The molecule has 1 aliphatic heterocycles. The summed E-state index contributed by atoms with van der Waals surface area (Å²) in [7, 11) is 1.43. The first kappa shape index (κ1) is 10.1. The molecule has 6 nitrogen and oxygen atoms in total. The fourth-order valence-corrected chi connectivity index (χ4v) is 2.33. The molecule has 0 saturated heterocycles. The number of rotatable bonds is 2. The first-order chi connectivity index (χ1) is 8.20. The van der Waals surface area contributed by atoms with Gasteiger partial charge >= 0.3 is 5.69 Å². The summed E-state index contributed by atoms with van der Waals surface area (Å²) in [5, 5.41) is 10.9. The number of fused-ring (bicyclic) bond motifs is 3. The van der Waals surface area contributed by atoms with Crippen molar-refractivity contribution < 1.29 is 9.66 Å². The minimum atomic E-state index is -0.423. The van der Waals surface area contributed by atoms with Crippen molar-refractivity contribution >= 4 is 16.7 Å². The lowest BCUT2D eigenvalue weighted by atomic mass is 10.2. The molecule has 0 unspecified atom stereocenters. The van der Waals surface area contributed by atoms with Crippen molar-refractivity contribution in [2.45, 2.75) is 19.4 Å². The number of nitro groups is 1. The summed E-state index contributed by atoms with van der Waals surface area (Å²) in [5.74, 6) is 1.27. The highest BCUT2D eigenvalue weighted by Crippen LogP contribution is 2.33. The molecule has 0 atom stereocenters. The van der Waals surface area contributed by atoms with Crippen molar-refractivity contribution in [2.24, 2.45) is 0 Å². The SMILES string of the molecule is COc1cc2nc3n(c2cc1[N+](=O)[O-])CCC3. The minimum absolute atomic E-state index is 0.00500. The molecular formula is C11H11N3O3. The Hall–Kier alpha value is -2.11. The normalized spacial score (nSPS) is 13.9. The molecule has 0 amide bonds. The van der Waals surface area contributed by atoms with Crippen LogP contribution < -0.4 is 4.74 Å². The average molecular weight is 233 g/mol. The van der Waals surface area contributed by atoms with E-state index in [0.717, 1.165) is 36.2 Å². The molecule has 1 aromatic carbocycles. The Balaban J connectivity index is 2.31. The van der Waals surface area contributed by atoms with Crippen LogP contribution in [0.5, 0.6) is 5.75 Å². The van der Waals surface area contributed by atoms with Gasteiger partial charge in [0.15, 0.2) is 5.75 Å². The molecule has 17 heavy (non-hydrogen) atoms. The number of hydrogen-bond acceptors (Lipinski definition) is 4. The van der Waals surface area contributed by atoms with E-state index >= 15 is 0 Å². The number of methoxy groups -OCH3 is 1. The predicted molar refractivity (Wildman–Crippen MR) is 61.3 cm³/mol. The summed E-state index contributed by atoms with van der Waals surface area (Å²) in [4.78, 5) is 15.0. The van der Waals surface area contributed by atoms with Gasteiger partial charge < -0.3 is 9.30 Å². The van der Waals surface area contributed by atoms with Crippen LogP contribution in [0.15, 0.2) is 12.1 Å². The van der Waals surface area contributed by atoms with Gasteiger partial charge in [0.2, 0.25) is 0 Å². The smallest absolute Gasteiger partial charge is 0.313 e. The van der Waals surface area contributed by atoms with E-state index in [1.165, 1.54) is 7.11 Å². The zero-order chi connectivity index (χ0) is 12.0. The van der Waals surface area contributed by atoms with Gasteiger partial charge in [-0.15, -0.1) is 0 Å². The van der Waals surface area contributed by atoms with Crippen LogP contribution in [0.4, 0.5) is 5.69 Å². The Morgan fingerprint density at radius 1 is 1.53 bits per heavy atom. The van der Waals surface area contributed by atoms with Gasteiger partial charge in [-0.2, -0.15) is 0 Å². The standard InChI is InChI=1S/C11H11N3O3/c1-17-10-5-7-8(6-9(10)14(15)16)13-4-2-3-11(13)12-7/h5-6H,2-4H2,1H3.